The molecule has 0 radical (unpaired) electrons. The molecule has 0 aliphatic rings. The molecule has 0 spiro atoms. The molecule has 0 heterocycles. The predicted molar refractivity (Wildman–Crippen MR) is 113 cm³/mol. The second-order valence-corrected chi connectivity index (χ2v) is 7.11. The highest BCUT2D eigenvalue weighted by atomic mass is 35.5. The van der Waals surface area contributed by atoms with Crippen molar-refractivity contribution >= 4 is 29.2 Å². The van der Waals surface area contributed by atoms with Gasteiger partial charge in [-0.2, -0.15) is 0 Å². The Morgan fingerprint density at radius 1 is 0.931 bits per heavy atom. The van der Waals surface area contributed by atoms with Gasteiger partial charge in [-0.05, 0) is 68.4 Å². The first-order valence-corrected chi connectivity index (χ1v) is 9.44. The van der Waals surface area contributed by atoms with Crippen molar-refractivity contribution in [2.45, 2.75) is 19.9 Å². The van der Waals surface area contributed by atoms with E-state index >= 15 is 0 Å². The first kappa shape index (κ1) is 20.4. The zero-order valence-corrected chi connectivity index (χ0v) is 16.8. The van der Waals surface area contributed by atoms with Gasteiger partial charge in [0.25, 0.3) is 5.91 Å². The smallest absolute Gasteiger partial charge is 0.337 e. The Morgan fingerprint density at radius 3 is 2.17 bits per heavy atom. The summed E-state index contributed by atoms with van der Waals surface area (Å²) < 4.78 is 5.74. The molecule has 0 aliphatic heterocycles. The number of aromatic carboxylic acids is 1. The number of hydrogen-bond donors (Lipinski definition) is 1. The number of hydrogen-bond acceptors (Lipinski definition) is 3. The first-order valence-electron chi connectivity index (χ1n) is 9.06. The molecule has 0 saturated carbocycles. The van der Waals surface area contributed by atoms with Gasteiger partial charge >= 0.3 is 5.97 Å². The van der Waals surface area contributed by atoms with Crippen LogP contribution in [0.3, 0.4) is 0 Å². The molecule has 3 rings (SSSR count). The van der Waals surface area contributed by atoms with Gasteiger partial charge in [-0.15, -0.1) is 0 Å². The van der Waals surface area contributed by atoms with Crippen LogP contribution in [0, 0.1) is 0 Å². The van der Waals surface area contributed by atoms with Crippen LogP contribution in [-0.4, -0.2) is 23.0 Å². The lowest BCUT2D eigenvalue weighted by Crippen LogP contribution is -2.38. The molecule has 0 saturated heterocycles. The third-order valence-corrected chi connectivity index (χ3v) is 4.52. The minimum absolute atomic E-state index is 0.0190. The highest BCUT2D eigenvalue weighted by Crippen LogP contribution is 2.31. The first-order chi connectivity index (χ1) is 13.9. The lowest BCUT2D eigenvalue weighted by molar-refractivity contribution is 0.0697. The van der Waals surface area contributed by atoms with Gasteiger partial charge in [-0.25, -0.2) is 4.79 Å². The molecule has 148 valence electrons. The monoisotopic (exact) mass is 409 g/mol. The van der Waals surface area contributed by atoms with Gasteiger partial charge in [-0.1, -0.05) is 29.8 Å². The van der Waals surface area contributed by atoms with Crippen LogP contribution in [0.15, 0.2) is 72.8 Å². The average molecular weight is 410 g/mol. The summed E-state index contributed by atoms with van der Waals surface area (Å²) in [5.41, 5.74) is 0.700. The molecule has 6 heteroatoms. The summed E-state index contributed by atoms with van der Waals surface area (Å²) in [6.07, 6.45) is 0. The van der Waals surface area contributed by atoms with E-state index < -0.39 is 5.97 Å². The molecule has 0 atom stereocenters. The van der Waals surface area contributed by atoms with Crippen molar-refractivity contribution in [3.05, 3.63) is 88.9 Å². The number of nitrogens with zero attached hydrogens (tertiary/aromatic N) is 1. The van der Waals surface area contributed by atoms with E-state index in [2.05, 4.69) is 0 Å². The summed E-state index contributed by atoms with van der Waals surface area (Å²) in [5, 5.41) is 10.3. The van der Waals surface area contributed by atoms with Gasteiger partial charge in [0.05, 0.1) is 11.3 Å². The van der Waals surface area contributed by atoms with Crippen molar-refractivity contribution < 1.29 is 19.4 Å². The fraction of sp³-hybridized carbons (Fsp3) is 0.130. The minimum Gasteiger partial charge on any atom is -0.478 e. The highest BCUT2D eigenvalue weighted by molar-refractivity contribution is 6.30. The maximum Gasteiger partial charge on any atom is 0.337 e. The van der Waals surface area contributed by atoms with E-state index in [1.54, 1.807) is 48.5 Å². The van der Waals surface area contributed by atoms with Crippen molar-refractivity contribution in [2.24, 2.45) is 0 Å². The molecule has 3 aromatic carbocycles. The van der Waals surface area contributed by atoms with Gasteiger partial charge < -0.3 is 14.7 Å². The molecule has 1 N–H and O–H groups in total. The van der Waals surface area contributed by atoms with Crippen LogP contribution in [0.1, 0.15) is 34.6 Å². The molecule has 5 nitrogen and oxygen atoms in total. The molecule has 0 unspecified atom stereocenters. The molecular weight excluding hydrogens is 390 g/mol. The Labute approximate surface area is 174 Å². The van der Waals surface area contributed by atoms with Crippen LogP contribution in [0.25, 0.3) is 0 Å². The van der Waals surface area contributed by atoms with Crippen molar-refractivity contribution in [3.63, 3.8) is 0 Å². The summed E-state index contributed by atoms with van der Waals surface area (Å²) in [4.78, 5) is 26.5. The van der Waals surface area contributed by atoms with E-state index in [-0.39, 0.29) is 17.5 Å². The van der Waals surface area contributed by atoms with E-state index in [9.17, 15) is 14.7 Å². The van der Waals surface area contributed by atoms with Gasteiger partial charge in [-0.3, -0.25) is 4.79 Å². The van der Waals surface area contributed by atoms with Crippen LogP contribution in [-0.2, 0) is 0 Å². The van der Waals surface area contributed by atoms with Crippen molar-refractivity contribution in [1.82, 2.24) is 0 Å². The molecule has 1 amide bonds. The number of ether oxygens (including phenoxy) is 1. The van der Waals surface area contributed by atoms with Crippen molar-refractivity contribution in [1.29, 1.82) is 0 Å². The molecule has 0 bridgehead atoms. The average Bonchev–Trinajstić information content (AvgIpc) is 2.70. The Balaban J connectivity index is 2.00. The number of carbonyl (C=O) groups excluding carboxylic acids is 1. The van der Waals surface area contributed by atoms with Gasteiger partial charge in [0.2, 0.25) is 0 Å². The number of carboxylic acids is 1. The number of rotatable bonds is 6. The van der Waals surface area contributed by atoms with E-state index in [0.29, 0.717) is 27.8 Å². The lowest BCUT2D eigenvalue weighted by atomic mass is 10.1. The number of halogens is 1. The largest absolute Gasteiger partial charge is 0.478 e. The van der Waals surface area contributed by atoms with E-state index in [1.807, 2.05) is 32.0 Å². The van der Waals surface area contributed by atoms with Crippen molar-refractivity contribution in [3.8, 4) is 11.5 Å². The van der Waals surface area contributed by atoms with E-state index in [0.717, 1.165) is 0 Å². The standard InChI is InChI=1S/C23H20ClNO4/c1-15(2)25(22(26)16-8-10-17(24)11-9-16)21-13-12-19(14-20(21)23(27)28)29-18-6-4-3-5-7-18/h3-15H,1-2H3,(H,27,28). The third-order valence-electron chi connectivity index (χ3n) is 4.26. The highest BCUT2D eigenvalue weighted by Gasteiger charge is 2.26. The fourth-order valence-electron chi connectivity index (χ4n) is 2.94. The van der Waals surface area contributed by atoms with Crippen LogP contribution < -0.4 is 9.64 Å². The number of amides is 1. The number of carbonyl (C=O) groups is 2. The summed E-state index contributed by atoms with van der Waals surface area (Å²) in [6.45, 7) is 3.65. The molecule has 0 aliphatic carbocycles. The predicted octanol–water partition coefficient (Wildman–Crippen LogP) is 5.89. The summed E-state index contributed by atoms with van der Waals surface area (Å²) in [6, 6.07) is 20.0. The van der Waals surface area contributed by atoms with E-state index in [1.165, 1.54) is 11.0 Å². The molecule has 29 heavy (non-hydrogen) atoms. The van der Waals surface area contributed by atoms with Crippen LogP contribution >= 0.6 is 11.6 Å². The zero-order valence-electron chi connectivity index (χ0n) is 16.0. The fourth-order valence-corrected chi connectivity index (χ4v) is 3.06. The van der Waals surface area contributed by atoms with Crippen LogP contribution in [0.4, 0.5) is 5.69 Å². The Morgan fingerprint density at radius 2 is 1.59 bits per heavy atom. The Bertz CT molecular complexity index is 1020. The normalized spacial score (nSPS) is 10.6. The third kappa shape index (κ3) is 4.76. The Kier molecular flexibility index (Phi) is 6.20. The summed E-state index contributed by atoms with van der Waals surface area (Å²) in [7, 11) is 0. The summed E-state index contributed by atoms with van der Waals surface area (Å²) in [5.74, 6) is -0.487. The quantitative estimate of drug-likeness (QED) is 0.551. The number of benzene rings is 3. The molecule has 0 aromatic heterocycles. The zero-order chi connectivity index (χ0) is 21.0. The Hall–Kier alpha value is -3.31. The van der Waals surface area contributed by atoms with Crippen LogP contribution in [0.5, 0.6) is 11.5 Å². The number of para-hydroxylation sites is 1. The van der Waals surface area contributed by atoms with Crippen LogP contribution in [0.2, 0.25) is 5.02 Å². The second-order valence-electron chi connectivity index (χ2n) is 6.68. The molecule has 3 aromatic rings. The van der Waals surface area contributed by atoms with E-state index in [4.69, 9.17) is 16.3 Å². The minimum atomic E-state index is -1.15. The SMILES string of the molecule is CC(C)N(C(=O)c1ccc(Cl)cc1)c1ccc(Oc2ccccc2)cc1C(=O)O. The maximum absolute atomic E-state index is 13.1. The lowest BCUT2D eigenvalue weighted by Gasteiger charge is -2.28. The van der Waals surface area contributed by atoms with Crippen molar-refractivity contribution in [2.75, 3.05) is 4.90 Å². The molecular formula is C23H20ClNO4. The van der Waals surface area contributed by atoms with Gasteiger partial charge in [0.1, 0.15) is 11.5 Å². The number of anilines is 1. The van der Waals surface area contributed by atoms with Gasteiger partial charge in [0.15, 0.2) is 0 Å². The van der Waals surface area contributed by atoms with Gasteiger partial charge in [0, 0.05) is 16.6 Å². The second kappa shape index (κ2) is 8.80. The summed E-state index contributed by atoms with van der Waals surface area (Å²) >= 11 is 5.91. The maximum atomic E-state index is 13.1. The molecule has 0 fully saturated rings. The number of carboxylic acid groups (broad SMARTS) is 1. The topological polar surface area (TPSA) is 66.8 Å².